The number of allylic oxidation sites excluding steroid dienone is 3. The zero-order chi connectivity index (χ0) is 30.8. The molecular weight excluding hydrogens is 554 g/mol. The van der Waals surface area contributed by atoms with Gasteiger partial charge in [-0.05, 0) is 76.2 Å². The monoisotopic (exact) mass is 584 g/mol. The molecule has 2 heterocycles. The predicted molar refractivity (Wildman–Crippen MR) is 153 cm³/mol. The highest BCUT2D eigenvalue weighted by molar-refractivity contribution is 6.01. The summed E-state index contributed by atoms with van der Waals surface area (Å²) in [4.78, 5) is 0. The zero-order valence-electron chi connectivity index (χ0n) is 24.0. The van der Waals surface area contributed by atoms with Crippen molar-refractivity contribution < 1.29 is 35.5 Å². The first-order valence-corrected chi connectivity index (χ1v) is 13.4. The first kappa shape index (κ1) is 29.5. The van der Waals surface area contributed by atoms with Crippen LogP contribution in [0.3, 0.4) is 0 Å². The van der Waals surface area contributed by atoms with Crippen molar-refractivity contribution in [1.29, 1.82) is 0 Å². The summed E-state index contributed by atoms with van der Waals surface area (Å²) in [6, 6.07) is 13.7. The van der Waals surface area contributed by atoms with Crippen LogP contribution in [0.4, 0.5) is 26.3 Å². The third kappa shape index (κ3) is 5.72. The molecule has 1 aliphatic heterocycles. The number of ether oxygens (including phenoxy) is 1. The lowest BCUT2D eigenvalue weighted by atomic mass is 9.83. The Labute approximate surface area is 240 Å². The Bertz CT molecular complexity index is 1700. The number of rotatable bonds is 2. The molecule has 0 radical (unpaired) electrons. The van der Waals surface area contributed by atoms with Crippen LogP contribution in [0.5, 0.6) is 5.95 Å². The molecule has 220 valence electrons. The largest absolute Gasteiger partial charge is 0.429 e. The second kappa shape index (κ2) is 9.82. The highest BCUT2D eigenvalue weighted by Crippen LogP contribution is 2.46. The number of alkyl halides is 6. The normalized spacial score (nSPS) is 14.7. The molecule has 0 bridgehead atoms. The van der Waals surface area contributed by atoms with E-state index < -0.39 is 34.3 Å². The van der Waals surface area contributed by atoms with E-state index in [0.29, 0.717) is 44.6 Å². The third-order valence-corrected chi connectivity index (χ3v) is 7.22. The summed E-state index contributed by atoms with van der Waals surface area (Å²) in [6.45, 7) is 11.9. The topological polar surface area (TPSA) is 22.4 Å². The van der Waals surface area contributed by atoms with E-state index in [0.717, 1.165) is 29.8 Å². The van der Waals surface area contributed by atoms with Crippen LogP contribution in [0.15, 0.2) is 76.9 Å². The van der Waals surface area contributed by atoms with Gasteiger partial charge < -0.3 is 9.15 Å². The van der Waals surface area contributed by atoms with Crippen molar-refractivity contribution in [1.82, 2.24) is 0 Å². The lowest BCUT2D eigenvalue weighted by molar-refractivity contribution is -0.138. The van der Waals surface area contributed by atoms with Crippen molar-refractivity contribution in [2.75, 3.05) is 0 Å². The maximum atomic E-state index is 13.3. The number of benzene rings is 3. The fraction of sp³-hybridized carbons (Fsp3) is 0.294. The summed E-state index contributed by atoms with van der Waals surface area (Å²) < 4.78 is 92.1. The van der Waals surface area contributed by atoms with E-state index >= 15 is 0 Å². The van der Waals surface area contributed by atoms with E-state index in [1.165, 1.54) is 24.3 Å². The average molecular weight is 585 g/mol. The van der Waals surface area contributed by atoms with Crippen LogP contribution >= 0.6 is 0 Å². The van der Waals surface area contributed by atoms with E-state index in [1.54, 1.807) is 6.08 Å². The molecule has 4 aromatic rings. The Kier molecular flexibility index (Phi) is 6.91. The first-order valence-electron chi connectivity index (χ1n) is 13.4. The molecule has 0 saturated carbocycles. The molecule has 0 fully saturated rings. The van der Waals surface area contributed by atoms with E-state index in [1.807, 2.05) is 59.8 Å². The smallest absolute Gasteiger partial charge is 0.416 e. The van der Waals surface area contributed by atoms with Crippen LogP contribution in [-0.4, -0.2) is 0 Å². The standard InChI is InChI=1S/C34H30F6O2/c1-31(2,3)27-17-21(19-7-11-23(12-8-19)33(35,36)37)15-25-26-16-22(20-9-13-24(14-10-20)34(38,39)40)18-28(32(4,5)6)41-30(26)42-29(25)27/h7-18H,1-6H3. The Morgan fingerprint density at radius 3 is 1.57 bits per heavy atom. The highest BCUT2D eigenvalue weighted by Gasteiger charge is 2.33. The van der Waals surface area contributed by atoms with Gasteiger partial charge in [0.1, 0.15) is 11.3 Å². The molecule has 0 aliphatic carbocycles. The molecule has 3 aromatic carbocycles. The Morgan fingerprint density at radius 1 is 0.571 bits per heavy atom. The van der Waals surface area contributed by atoms with Crippen molar-refractivity contribution in [2.24, 2.45) is 5.41 Å². The van der Waals surface area contributed by atoms with Crippen LogP contribution in [0, 0.1) is 5.41 Å². The minimum atomic E-state index is -4.46. The van der Waals surface area contributed by atoms with Gasteiger partial charge in [-0.3, -0.25) is 0 Å². The molecule has 8 heteroatoms. The Morgan fingerprint density at radius 2 is 1.10 bits per heavy atom. The lowest BCUT2D eigenvalue weighted by Gasteiger charge is -2.22. The summed E-state index contributed by atoms with van der Waals surface area (Å²) in [5, 5.41) is 0.681. The average Bonchev–Trinajstić information content (AvgIpc) is 3.09. The number of halogens is 6. The molecule has 0 spiro atoms. The minimum Gasteiger partial charge on any atom is -0.429 e. The van der Waals surface area contributed by atoms with Crippen LogP contribution < -0.4 is 4.74 Å². The molecule has 2 nitrogen and oxygen atoms in total. The second-order valence-electron chi connectivity index (χ2n) is 12.6. The van der Waals surface area contributed by atoms with E-state index in [4.69, 9.17) is 9.15 Å². The van der Waals surface area contributed by atoms with Crippen molar-refractivity contribution in [3.63, 3.8) is 0 Å². The molecule has 1 aliphatic rings. The number of fused-ring (bicyclic) bond motifs is 3. The van der Waals surface area contributed by atoms with Gasteiger partial charge in [0.2, 0.25) is 0 Å². The van der Waals surface area contributed by atoms with Gasteiger partial charge in [-0.2, -0.15) is 26.3 Å². The van der Waals surface area contributed by atoms with E-state index in [9.17, 15) is 26.3 Å². The fourth-order valence-electron chi connectivity index (χ4n) is 4.84. The van der Waals surface area contributed by atoms with Gasteiger partial charge in [0.05, 0.1) is 16.7 Å². The third-order valence-electron chi connectivity index (χ3n) is 7.22. The molecule has 0 atom stereocenters. The van der Waals surface area contributed by atoms with Gasteiger partial charge in [0.15, 0.2) is 0 Å². The summed E-state index contributed by atoms with van der Waals surface area (Å²) in [5.74, 6) is 0.801. The van der Waals surface area contributed by atoms with Gasteiger partial charge in [-0.15, -0.1) is 0 Å². The molecule has 5 rings (SSSR count). The van der Waals surface area contributed by atoms with E-state index in [-0.39, 0.29) is 5.95 Å². The molecule has 42 heavy (non-hydrogen) atoms. The molecule has 0 amide bonds. The summed E-state index contributed by atoms with van der Waals surface area (Å²) >= 11 is 0. The molecule has 0 N–H and O–H groups in total. The number of hydrogen-bond acceptors (Lipinski definition) is 2. The maximum Gasteiger partial charge on any atom is 0.416 e. The first-order chi connectivity index (χ1) is 19.3. The van der Waals surface area contributed by atoms with Crippen LogP contribution in [0.2, 0.25) is 0 Å². The van der Waals surface area contributed by atoms with E-state index in [2.05, 4.69) is 0 Å². The molecule has 0 unspecified atom stereocenters. The van der Waals surface area contributed by atoms with Crippen molar-refractivity contribution in [3.05, 3.63) is 100 Å². The minimum absolute atomic E-state index is 0.239. The quantitative estimate of drug-likeness (QED) is 0.219. The van der Waals surface area contributed by atoms with Crippen molar-refractivity contribution in [2.45, 2.75) is 59.3 Å². The maximum absolute atomic E-state index is 13.3. The van der Waals surface area contributed by atoms with Crippen molar-refractivity contribution in [3.8, 4) is 17.1 Å². The van der Waals surface area contributed by atoms with Crippen LogP contribution in [0.1, 0.15) is 69.4 Å². The number of furan rings is 1. The molecular formula is C34H30F6O2. The van der Waals surface area contributed by atoms with Gasteiger partial charge in [-0.1, -0.05) is 65.8 Å². The zero-order valence-corrected chi connectivity index (χ0v) is 24.0. The fourth-order valence-corrected chi connectivity index (χ4v) is 4.84. The summed E-state index contributed by atoms with van der Waals surface area (Å²) in [7, 11) is 0. The summed E-state index contributed by atoms with van der Waals surface area (Å²) in [6.07, 6.45) is -5.28. The van der Waals surface area contributed by atoms with Crippen molar-refractivity contribution >= 4 is 22.6 Å². The highest BCUT2D eigenvalue weighted by atomic mass is 19.4. The van der Waals surface area contributed by atoms with Gasteiger partial charge >= 0.3 is 12.4 Å². The predicted octanol–water partition coefficient (Wildman–Crippen LogP) is 11.3. The Hall–Kier alpha value is -3.94. The Balaban J connectivity index is 1.74. The van der Waals surface area contributed by atoms with Gasteiger partial charge in [-0.25, -0.2) is 0 Å². The second-order valence-corrected chi connectivity index (χ2v) is 12.6. The van der Waals surface area contributed by atoms with Gasteiger partial charge in [0, 0.05) is 16.4 Å². The molecule has 0 saturated heterocycles. The SMILES string of the molecule is CC(C)(C)C1=CC(c2ccc(C(F)(F)F)cc2)=Cc2c(oc3c(C(C)(C)C)cc(-c4ccc(C(F)(F)F)cc4)cc23)O1. The van der Waals surface area contributed by atoms with Crippen LogP contribution in [-0.2, 0) is 17.8 Å². The lowest BCUT2D eigenvalue weighted by Crippen LogP contribution is -2.14. The van der Waals surface area contributed by atoms with Gasteiger partial charge in [0.25, 0.3) is 5.95 Å². The number of hydrogen-bond donors (Lipinski definition) is 0. The summed E-state index contributed by atoms with van der Waals surface area (Å²) in [5.41, 5.74) is 2.12. The molecule has 1 aromatic heterocycles. The van der Waals surface area contributed by atoms with Crippen LogP contribution in [0.25, 0.3) is 33.7 Å².